The second kappa shape index (κ2) is 6.51. The molecular weight excluding hydrogens is 374 g/mol. The summed E-state index contributed by atoms with van der Waals surface area (Å²) in [5, 5.41) is 10.1. The van der Waals surface area contributed by atoms with Gasteiger partial charge in [-0.05, 0) is 43.0 Å². The van der Waals surface area contributed by atoms with E-state index in [0.29, 0.717) is 18.7 Å². The van der Waals surface area contributed by atoms with E-state index in [9.17, 15) is 13.2 Å². The predicted molar refractivity (Wildman–Crippen MR) is 100 cm³/mol. The number of rotatable bonds is 4. The van der Waals surface area contributed by atoms with E-state index in [4.69, 9.17) is 0 Å². The van der Waals surface area contributed by atoms with Crippen molar-refractivity contribution in [1.29, 1.82) is 0 Å². The summed E-state index contributed by atoms with van der Waals surface area (Å²) < 4.78 is 27.2. The van der Waals surface area contributed by atoms with Crippen molar-refractivity contribution in [2.75, 3.05) is 34.2 Å². The normalized spacial score (nSPS) is 16.8. The van der Waals surface area contributed by atoms with Crippen LogP contribution in [0, 0.1) is 0 Å². The Bertz CT molecular complexity index is 951. The first-order valence-electron chi connectivity index (χ1n) is 8.47. The summed E-state index contributed by atoms with van der Waals surface area (Å²) in [6.07, 6.45) is 3.07. The number of anilines is 3. The third kappa shape index (κ3) is 3.03. The molecule has 0 aliphatic carbocycles. The Balaban J connectivity index is 1.61. The lowest BCUT2D eigenvalue weighted by molar-refractivity contribution is -0.114. The number of fused-ring (bicyclic) bond motifs is 1. The number of carbonyl (C=O) groups is 1. The standard InChI is InChI=1S/C16H19N5O3S2/c1-11(22)17-15-18-19-16(25-15)26(23,24)21-9-6-12-10-13(4-5-14(12)21)20-7-2-3-8-20/h4-5,10H,2-3,6-9H2,1H3,(H,17,18,22). The molecule has 0 bridgehead atoms. The highest BCUT2D eigenvalue weighted by Crippen LogP contribution is 2.37. The molecule has 0 unspecified atom stereocenters. The average Bonchev–Trinajstić information content (AvgIpc) is 3.34. The van der Waals surface area contributed by atoms with E-state index in [2.05, 4.69) is 26.5 Å². The molecule has 26 heavy (non-hydrogen) atoms. The Morgan fingerprint density at radius 3 is 2.69 bits per heavy atom. The minimum Gasteiger partial charge on any atom is -0.372 e. The van der Waals surface area contributed by atoms with Crippen LogP contribution < -0.4 is 14.5 Å². The van der Waals surface area contributed by atoms with Gasteiger partial charge in [0.2, 0.25) is 11.0 Å². The van der Waals surface area contributed by atoms with Gasteiger partial charge in [-0.1, -0.05) is 11.3 Å². The molecule has 4 rings (SSSR count). The molecule has 10 heteroatoms. The number of nitrogens with one attached hydrogen (secondary N) is 1. The van der Waals surface area contributed by atoms with Crippen molar-refractivity contribution in [3.05, 3.63) is 23.8 Å². The summed E-state index contributed by atoms with van der Waals surface area (Å²) in [5.41, 5.74) is 2.89. The predicted octanol–water partition coefficient (Wildman–Crippen LogP) is 1.85. The van der Waals surface area contributed by atoms with Crippen LogP contribution >= 0.6 is 11.3 Å². The monoisotopic (exact) mass is 393 g/mol. The molecule has 1 aromatic heterocycles. The molecule has 8 nitrogen and oxygen atoms in total. The van der Waals surface area contributed by atoms with Crippen LogP contribution in [-0.4, -0.2) is 44.2 Å². The number of hydrogen-bond acceptors (Lipinski definition) is 7. The summed E-state index contributed by atoms with van der Waals surface area (Å²) in [6, 6.07) is 5.96. The average molecular weight is 393 g/mol. The molecule has 2 aliphatic rings. The first kappa shape index (κ1) is 17.2. The van der Waals surface area contributed by atoms with Crippen LogP contribution in [0.3, 0.4) is 0 Å². The van der Waals surface area contributed by atoms with Crippen LogP contribution in [0.2, 0.25) is 0 Å². The molecule has 3 heterocycles. The van der Waals surface area contributed by atoms with E-state index in [0.717, 1.165) is 35.7 Å². The summed E-state index contributed by atoms with van der Waals surface area (Å²) in [7, 11) is -3.79. The fourth-order valence-electron chi connectivity index (χ4n) is 3.39. The van der Waals surface area contributed by atoms with Gasteiger partial charge >= 0.3 is 0 Å². The van der Waals surface area contributed by atoms with Gasteiger partial charge in [-0.15, -0.1) is 10.2 Å². The first-order chi connectivity index (χ1) is 12.4. The van der Waals surface area contributed by atoms with Gasteiger partial charge in [-0.2, -0.15) is 8.42 Å². The largest absolute Gasteiger partial charge is 0.372 e. The highest BCUT2D eigenvalue weighted by atomic mass is 32.2. The zero-order chi connectivity index (χ0) is 18.3. The van der Waals surface area contributed by atoms with Gasteiger partial charge in [0, 0.05) is 32.2 Å². The molecule has 1 amide bonds. The first-order valence-corrected chi connectivity index (χ1v) is 10.7. The van der Waals surface area contributed by atoms with Gasteiger partial charge in [0.15, 0.2) is 0 Å². The van der Waals surface area contributed by atoms with Crippen molar-refractivity contribution in [2.45, 2.75) is 30.5 Å². The van der Waals surface area contributed by atoms with Crippen LogP contribution in [0.15, 0.2) is 22.5 Å². The lowest BCUT2D eigenvalue weighted by Gasteiger charge is -2.20. The van der Waals surface area contributed by atoms with E-state index in [1.165, 1.54) is 24.1 Å². The number of carbonyl (C=O) groups excluding carboxylic acids is 1. The number of benzene rings is 1. The Kier molecular flexibility index (Phi) is 4.31. The molecule has 0 saturated carbocycles. The summed E-state index contributed by atoms with van der Waals surface area (Å²) in [4.78, 5) is 13.4. The molecule has 1 saturated heterocycles. The van der Waals surface area contributed by atoms with E-state index in [1.54, 1.807) is 0 Å². The zero-order valence-corrected chi connectivity index (χ0v) is 15.9. The quantitative estimate of drug-likeness (QED) is 0.797. The van der Waals surface area contributed by atoms with E-state index < -0.39 is 10.0 Å². The molecule has 0 spiro atoms. The minimum atomic E-state index is -3.79. The van der Waals surface area contributed by atoms with Crippen LogP contribution in [0.1, 0.15) is 25.3 Å². The number of amides is 1. The van der Waals surface area contributed by atoms with Gasteiger partial charge < -0.3 is 10.2 Å². The second-order valence-corrected chi connectivity index (χ2v) is 9.40. The maximum atomic E-state index is 12.9. The number of hydrogen-bond donors (Lipinski definition) is 1. The summed E-state index contributed by atoms with van der Waals surface area (Å²) >= 11 is 0.861. The molecular formula is C16H19N5O3S2. The third-order valence-electron chi connectivity index (χ3n) is 4.59. The molecule has 1 N–H and O–H groups in total. The summed E-state index contributed by atoms with van der Waals surface area (Å²) in [6.45, 7) is 3.83. The number of nitrogens with zero attached hydrogens (tertiary/aromatic N) is 4. The van der Waals surface area contributed by atoms with E-state index in [-0.39, 0.29) is 15.4 Å². The molecule has 2 aromatic rings. The van der Waals surface area contributed by atoms with Crippen molar-refractivity contribution >= 4 is 43.8 Å². The van der Waals surface area contributed by atoms with E-state index in [1.807, 2.05) is 12.1 Å². The lowest BCUT2D eigenvalue weighted by atomic mass is 10.1. The van der Waals surface area contributed by atoms with Gasteiger partial charge in [-0.25, -0.2) is 0 Å². The number of aromatic nitrogens is 2. The smallest absolute Gasteiger partial charge is 0.293 e. The SMILES string of the molecule is CC(=O)Nc1nnc(S(=O)(=O)N2CCc3cc(N4CCCC4)ccc32)s1. The van der Waals surface area contributed by atoms with Crippen molar-refractivity contribution < 1.29 is 13.2 Å². The van der Waals surface area contributed by atoms with Gasteiger partial charge in [0.05, 0.1) is 5.69 Å². The summed E-state index contributed by atoms with van der Waals surface area (Å²) in [5.74, 6) is -0.314. The molecule has 0 radical (unpaired) electrons. The Hall–Kier alpha value is -2.20. The van der Waals surface area contributed by atoms with Crippen LogP contribution in [0.5, 0.6) is 0 Å². The highest BCUT2D eigenvalue weighted by molar-refractivity contribution is 7.94. The Morgan fingerprint density at radius 2 is 1.96 bits per heavy atom. The Morgan fingerprint density at radius 1 is 1.19 bits per heavy atom. The van der Waals surface area contributed by atoms with Crippen LogP contribution in [0.4, 0.5) is 16.5 Å². The van der Waals surface area contributed by atoms with Crippen LogP contribution in [-0.2, 0) is 21.2 Å². The fourth-order valence-corrected chi connectivity index (χ4v) is 5.94. The second-order valence-electron chi connectivity index (χ2n) is 6.39. The molecule has 0 atom stereocenters. The van der Waals surface area contributed by atoms with Gasteiger partial charge in [-0.3, -0.25) is 9.10 Å². The topological polar surface area (TPSA) is 95.5 Å². The highest BCUT2D eigenvalue weighted by Gasteiger charge is 2.34. The number of sulfonamides is 1. The van der Waals surface area contributed by atoms with Gasteiger partial charge in [0.1, 0.15) is 0 Å². The van der Waals surface area contributed by atoms with Crippen molar-refractivity contribution in [3.63, 3.8) is 0 Å². The third-order valence-corrected chi connectivity index (χ3v) is 7.59. The maximum absolute atomic E-state index is 12.9. The van der Waals surface area contributed by atoms with Crippen LogP contribution in [0.25, 0.3) is 0 Å². The molecule has 2 aliphatic heterocycles. The zero-order valence-electron chi connectivity index (χ0n) is 14.3. The van der Waals surface area contributed by atoms with Crippen molar-refractivity contribution in [2.24, 2.45) is 0 Å². The minimum absolute atomic E-state index is 0.113. The lowest BCUT2D eigenvalue weighted by Crippen LogP contribution is -2.29. The van der Waals surface area contributed by atoms with Crippen molar-refractivity contribution in [1.82, 2.24) is 10.2 Å². The molecule has 1 aromatic carbocycles. The molecule has 138 valence electrons. The fraction of sp³-hybridized carbons (Fsp3) is 0.438. The van der Waals surface area contributed by atoms with Crippen molar-refractivity contribution in [3.8, 4) is 0 Å². The Labute approximate surface area is 155 Å². The van der Waals surface area contributed by atoms with Gasteiger partial charge in [0.25, 0.3) is 14.4 Å². The maximum Gasteiger partial charge on any atom is 0.293 e. The van der Waals surface area contributed by atoms with E-state index >= 15 is 0 Å². The molecule has 1 fully saturated rings.